The summed E-state index contributed by atoms with van der Waals surface area (Å²) in [5.74, 6) is 0. The Balaban J connectivity index is 2.40. The van der Waals surface area contributed by atoms with E-state index in [0.29, 0.717) is 5.69 Å². The molecule has 19 heavy (non-hydrogen) atoms. The Kier molecular flexibility index (Phi) is 4.39. The first kappa shape index (κ1) is 14.2. The molecule has 3 nitrogen and oxygen atoms in total. The lowest BCUT2D eigenvalue weighted by Crippen LogP contribution is -2.13. The molecule has 0 fully saturated rings. The minimum atomic E-state index is -3.67. The van der Waals surface area contributed by atoms with E-state index in [9.17, 15) is 8.42 Å². The van der Waals surface area contributed by atoms with Gasteiger partial charge in [-0.1, -0.05) is 35.9 Å². The largest absolute Gasteiger partial charge is 0.278 e. The van der Waals surface area contributed by atoms with Crippen molar-refractivity contribution in [3.05, 3.63) is 53.6 Å². The average molecular weight is 314 g/mol. The van der Waals surface area contributed by atoms with Crippen molar-refractivity contribution in [1.82, 2.24) is 0 Å². The van der Waals surface area contributed by atoms with Crippen LogP contribution in [-0.2, 0) is 10.0 Å². The second kappa shape index (κ2) is 5.86. The van der Waals surface area contributed by atoms with Crippen LogP contribution in [0.3, 0.4) is 0 Å². The van der Waals surface area contributed by atoms with Gasteiger partial charge in [0.25, 0.3) is 10.0 Å². The molecule has 0 aromatic heterocycles. The zero-order valence-electron chi connectivity index (χ0n) is 10.1. The third kappa shape index (κ3) is 3.23. The van der Waals surface area contributed by atoms with Gasteiger partial charge in [0.15, 0.2) is 0 Å². The molecule has 0 aliphatic heterocycles. The number of sulfonamides is 1. The third-order valence-electron chi connectivity index (χ3n) is 2.48. The highest BCUT2D eigenvalue weighted by Crippen LogP contribution is 2.28. The molecule has 1 N–H and O–H groups in total. The van der Waals surface area contributed by atoms with Crippen LogP contribution in [0, 0.1) is 0 Å². The lowest BCUT2D eigenvalue weighted by molar-refractivity contribution is 0.601. The molecule has 0 aliphatic rings. The number of rotatable bonds is 4. The smallest absolute Gasteiger partial charge is 0.263 e. The lowest BCUT2D eigenvalue weighted by atomic mass is 10.3. The normalized spacial score (nSPS) is 11.3. The quantitative estimate of drug-likeness (QED) is 0.872. The van der Waals surface area contributed by atoms with Crippen LogP contribution in [0.1, 0.15) is 0 Å². The average Bonchev–Trinajstić information content (AvgIpc) is 2.39. The topological polar surface area (TPSA) is 46.2 Å². The highest BCUT2D eigenvalue weighted by molar-refractivity contribution is 7.99. The summed E-state index contributed by atoms with van der Waals surface area (Å²) in [7, 11) is -3.67. The Morgan fingerprint density at radius 3 is 2.37 bits per heavy atom. The fourth-order valence-corrected chi connectivity index (χ4v) is 3.81. The first-order valence-corrected chi connectivity index (χ1v) is 8.53. The van der Waals surface area contributed by atoms with Gasteiger partial charge in [-0.15, -0.1) is 11.8 Å². The van der Waals surface area contributed by atoms with E-state index in [1.165, 1.54) is 17.8 Å². The molecular weight excluding hydrogens is 302 g/mol. The number of para-hydroxylation sites is 1. The third-order valence-corrected chi connectivity index (χ3v) is 5.14. The number of hydrogen-bond donors (Lipinski definition) is 1. The van der Waals surface area contributed by atoms with Crippen LogP contribution in [0.15, 0.2) is 58.3 Å². The number of hydrogen-bond acceptors (Lipinski definition) is 3. The number of nitrogens with one attached hydrogen (secondary N) is 1. The molecule has 2 aromatic carbocycles. The molecule has 0 aliphatic carbocycles. The Hall–Kier alpha value is -1.17. The monoisotopic (exact) mass is 313 g/mol. The molecule has 0 amide bonds. The molecule has 0 saturated heterocycles. The number of thioether (sulfide) groups is 1. The van der Waals surface area contributed by atoms with E-state index in [1.54, 1.807) is 30.3 Å². The van der Waals surface area contributed by atoms with E-state index in [4.69, 9.17) is 11.6 Å². The van der Waals surface area contributed by atoms with E-state index < -0.39 is 10.0 Å². The first-order chi connectivity index (χ1) is 9.04. The van der Waals surface area contributed by atoms with E-state index in [2.05, 4.69) is 4.72 Å². The fraction of sp³-hybridized carbons (Fsp3) is 0.0769. The van der Waals surface area contributed by atoms with Crippen molar-refractivity contribution < 1.29 is 8.42 Å². The predicted molar refractivity (Wildman–Crippen MR) is 80.5 cm³/mol. The van der Waals surface area contributed by atoms with E-state index in [1.807, 2.05) is 18.4 Å². The van der Waals surface area contributed by atoms with Crippen LogP contribution in [0.25, 0.3) is 0 Å². The maximum absolute atomic E-state index is 12.3. The number of anilines is 1. The summed E-state index contributed by atoms with van der Waals surface area (Å²) >= 11 is 7.40. The Morgan fingerprint density at radius 1 is 1.05 bits per heavy atom. The highest BCUT2D eigenvalue weighted by atomic mass is 35.5. The zero-order valence-corrected chi connectivity index (χ0v) is 12.5. The van der Waals surface area contributed by atoms with Crippen LogP contribution < -0.4 is 4.72 Å². The molecule has 2 aromatic rings. The van der Waals surface area contributed by atoms with Crippen molar-refractivity contribution in [2.24, 2.45) is 0 Å². The molecule has 0 spiro atoms. The maximum atomic E-state index is 12.3. The molecule has 0 atom stereocenters. The standard InChI is InChI=1S/C13H12ClNO2S2/c1-18-12-8-4-3-7-11(12)15-19(16,17)13-9-5-2-6-10(13)14/h2-9,15H,1H3. The lowest BCUT2D eigenvalue weighted by Gasteiger charge is -2.11. The SMILES string of the molecule is CSc1ccccc1NS(=O)(=O)c1ccccc1Cl. The zero-order chi connectivity index (χ0) is 13.9. The number of benzene rings is 2. The van der Waals surface area contributed by atoms with Gasteiger partial charge in [-0.2, -0.15) is 0 Å². The van der Waals surface area contributed by atoms with Gasteiger partial charge in [-0.05, 0) is 30.5 Å². The number of halogens is 1. The predicted octanol–water partition coefficient (Wildman–Crippen LogP) is 3.86. The van der Waals surface area contributed by atoms with Crippen molar-refractivity contribution in [1.29, 1.82) is 0 Å². The summed E-state index contributed by atoms with van der Waals surface area (Å²) in [6, 6.07) is 13.6. The van der Waals surface area contributed by atoms with Gasteiger partial charge in [0.1, 0.15) is 4.90 Å². The summed E-state index contributed by atoms with van der Waals surface area (Å²) in [6.07, 6.45) is 1.89. The van der Waals surface area contributed by atoms with E-state index in [0.717, 1.165) is 4.90 Å². The molecule has 0 saturated carbocycles. The van der Waals surface area contributed by atoms with Crippen molar-refractivity contribution in [3.63, 3.8) is 0 Å². The van der Waals surface area contributed by atoms with Crippen molar-refractivity contribution in [2.45, 2.75) is 9.79 Å². The highest BCUT2D eigenvalue weighted by Gasteiger charge is 2.18. The molecule has 2 rings (SSSR count). The summed E-state index contributed by atoms with van der Waals surface area (Å²) in [5, 5.41) is 0.205. The molecule has 100 valence electrons. The molecule has 0 radical (unpaired) electrons. The molecule has 0 bridgehead atoms. The Bertz CT molecular complexity index is 687. The fourth-order valence-electron chi connectivity index (χ4n) is 1.59. The van der Waals surface area contributed by atoms with Crippen LogP contribution in [0.2, 0.25) is 5.02 Å². The van der Waals surface area contributed by atoms with Gasteiger partial charge in [-0.3, -0.25) is 4.72 Å². The summed E-state index contributed by atoms with van der Waals surface area (Å²) in [4.78, 5) is 0.936. The molecular formula is C13H12ClNO2S2. The van der Waals surface area contributed by atoms with Gasteiger partial charge >= 0.3 is 0 Å². The van der Waals surface area contributed by atoms with Gasteiger partial charge in [0.05, 0.1) is 10.7 Å². The van der Waals surface area contributed by atoms with Gasteiger partial charge < -0.3 is 0 Å². The minimum absolute atomic E-state index is 0.0765. The molecule has 0 heterocycles. The van der Waals surface area contributed by atoms with Gasteiger partial charge in [0.2, 0.25) is 0 Å². The van der Waals surface area contributed by atoms with Crippen molar-refractivity contribution >= 4 is 39.1 Å². The second-order valence-corrected chi connectivity index (χ2v) is 6.64. The van der Waals surface area contributed by atoms with Crippen molar-refractivity contribution in [3.8, 4) is 0 Å². The summed E-state index contributed by atoms with van der Waals surface area (Å²) in [5.41, 5.74) is 0.551. The molecule has 6 heteroatoms. The van der Waals surface area contributed by atoms with E-state index >= 15 is 0 Å². The van der Waals surface area contributed by atoms with E-state index in [-0.39, 0.29) is 9.92 Å². The Morgan fingerprint density at radius 2 is 1.68 bits per heavy atom. The first-order valence-electron chi connectivity index (χ1n) is 5.45. The van der Waals surface area contributed by atoms with Crippen LogP contribution in [0.4, 0.5) is 5.69 Å². The molecule has 0 unspecified atom stereocenters. The maximum Gasteiger partial charge on any atom is 0.263 e. The minimum Gasteiger partial charge on any atom is -0.278 e. The summed E-state index contributed by atoms with van der Waals surface area (Å²) < 4.78 is 27.1. The van der Waals surface area contributed by atoms with Crippen LogP contribution in [0.5, 0.6) is 0 Å². The van der Waals surface area contributed by atoms with Crippen LogP contribution >= 0.6 is 23.4 Å². The van der Waals surface area contributed by atoms with Gasteiger partial charge in [-0.25, -0.2) is 8.42 Å². The Labute approximate surface area is 122 Å². The van der Waals surface area contributed by atoms with Crippen molar-refractivity contribution in [2.75, 3.05) is 11.0 Å². The van der Waals surface area contributed by atoms with Crippen LogP contribution in [-0.4, -0.2) is 14.7 Å². The second-order valence-electron chi connectivity index (χ2n) is 3.74. The van der Waals surface area contributed by atoms with Gasteiger partial charge in [0, 0.05) is 4.90 Å². The summed E-state index contributed by atoms with van der Waals surface area (Å²) in [6.45, 7) is 0.